The fraction of sp³-hybridized carbons (Fsp3) is 0.256. The van der Waals surface area contributed by atoms with Gasteiger partial charge in [-0.15, -0.1) is 0 Å². The molecule has 1 heterocycles. The van der Waals surface area contributed by atoms with E-state index >= 15 is 0 Å². The molecule has 6 rings (SSSR count). The second-order valence-electron chi connectivity index (χ2n) is 13.0. The standard InChI is InChI=1S/C39H37N3O3/c1-8-38(3,4)23-19-20-29(27(21-23)39(5,6)9-2)45-30-22-28(41-24-15-11-10-12-16-24)32-33-31(35(40-7)37(44)42-34(30)33)25-17-13-14-18-26(25)36(32)43/h10-22,41H,8-9H2,1-6H3,(H,42,44). The summed E-state index contributed by atoms with van der Waals surface area (Å²) in [5.74, 6) is 0.887. The van der Waals surface area contributed by atoms with Crippen molar-refractivity contribution in [1.82, 2.24) is 4.98 Å². The largest absolute Gasteiger partial charge is 0.455 e. The summed E-state index contributed by atoms with van der Waals surface area (Å²) in [7, 11) is 0. The topological polar surface area (TPSA) is 75.5 Å². The van der Waals surface area contributed by atoms with Crippen LogP contribution in [0.4, 0.5) is 17.1 Å². The molecule has 0 radical (unpaired) electrons. The number of anilines is 2. The van der Waals surface area contributed by atoms with Crippen LogP contribution in [0.1, 0.15) is 81.4 Å². The highest BCUT2D eigenvalue weighted by Gasteiger charge is 2.34. The molecule has 0 unspecified atom stereocenters. The molecule has 0 amide bonds. The lowest BCUT2D eigenvalue weighted by Crippen LogP contribution is -2.21. The van der Waals surface area contributed by atoms with Gasteiger partial charge in [0.25, 0.3) is 11.2 Å². The molecule has 1 aliphatic carbocycles. The first-order valence-corrected chi connectivity index (χ1v) is 15.4. The maximum Gasteiger partial charge on any atom is 0.258 e. The van der Waals surface area contributed by atoms with Gasteiger partial charge in [-0.25, -0.2) is 4.85 Å². The van der Waals surface area contributed by atoms with Crippen LogP contribution in [-0.2, 0) is 10.8 Å². The van der Waals surface area contributed by atoms with Gasteiger partial charge in [0.1, 0.15) is 5.75 Å². The number of ketones is 1. The molecule has 6 nitrogen and oxygen atoms in total. The van der Waals surface area contributed by atoms with Gasteiger partial charge in [-0.05, 0) is 53.0 Å². The van der Waals surface area contributed by atoms with E-state index in [1.165, 1.54) is 5.56 Å². The Morgan fingerprint density at radius 2 is 1.47 bits per heavy atom. The number of hydrogen-bond donors (Lipinski definition) is 2. The monoisotopic (exact) mass is 595 g/mol. The lowest BCUT2D eigenvalue weighted by molar-refractivity contribution is 0.104. The SMILES string of the molecule is [C-]#[N+]c1c2c3c(c(Nc4ccccc4)cc(Oc4ccc(C(C)(C)CC)cc4C(C)(C)CC)c3[nH]c1=O)C(=O)c1ccccc1-2. The first-order valence-electron chi connectivity index (χ1n) is 15.4. The number of carbonyl (C=O) groups excluding carboxylic acids is 1. The normalized spacial score (nSPS) is 12.5. The number of para-hydroxylation sites is 1. The summed E-state index contributed by atoms with van der Waals surface area (Å²) in [5.41, 5.74) is 5.08. The van der Waals surface area contributed by atoms with Crippen LogP contribution in [0.3, 0.4) is 0 Å². The van der Waals surface area contributed by atoms with Crippen molar-refractivity contribution in [3.05, 3.63) is 123 Å². The van der Waals surface area contributed by atoms with Gasteiger partial charge in [0, 0.05) is 33.8 Å². The average molecular weight is 596 g/mol. The highest BCUT2D eigenvalue weighted by Crippen LogP contribution is 2.49. The van der Waals surface area contributed by atoms with Crippen molar-refractivity contribution < 1.29 is 9.53 Å². The maximum absolute atomic E-state index is 14.2. The summed E-state index contributed by atoms with van der Waals surface area (Å²) < 4.78 is 6.82. The van der Waals surface area contributed by atoms with E-state index in [1.807, 2.05) is 42.5 Å². The van der Waals surface area contributed by atoms with Crippen LogP contribution >= 0.6 is 0 Å². The van der Waals surface area contributed by atoms with Crippen molar-refractivity contribution in [2.45, 2.75) is 65.2 Å². The van der Waals surface area contributed by atoms with Gasteiger partial charge >= 0.3 is 0 Å². The summed E-state index contributed by atoms with van der Waals surface area (Å²) in [5, 5.41) is 3.94. The van der Waals surface area contributed by atoms with E-state index in [0.717, 1.165) is 24.1 Å². The van der Waals surface area contributed by atoms with E-state index in [9.17, 15) is 9.59 Å². The zero-order valence-corrected chi connectivity index (χ0v) is 26.6. The summed E-state index contributed by atoms with van der Waals surface area (Å²) in [4.78, 5) is 34.3. The van der Waals surface area contributed by atoms with Gasteiger partial charge in [0.15, 0.2) is 11.5 Å². The van der Waals surface area contributed by atoms with E-state index < -0.39 is 5.56 Å². The van der Waals surface area contributed by atoms with Gasteiger partial charge in [0.2, 0.25) is 0 Å². The van der Waals surface area contributed by atoms with Gasteiger partial charge < -0.3 is 15.0 Å². The predicted molar refractivity (Wildman–Crippen MR) is 183 cm³/mol. The predicted octanol–water partition coefficient (Wildman–Crippen LogP) is 10.2. The van der Waals surface area contributed by atoms with Gasteiger partial charge in [-0.1, -0.05) is 96.1 Å². The summed E-state index contributed by atoms with van der Waals surface area (Å²) in [6, 6.07) is 24.9. The fourth-order valence-corrected chi connectivity index (χ4v) is 6.01. The number of H-pyrrole nitrogens is 1. The van der Waals surface area contributed by atoms with Gasteiger partial charge in [0.05, 0.1) is 23.3 Å². The summed E-state index contributed by atoms with van der Waals surface area (Å²) >= 11 is 0. The number of fused-ring (bicyclic) bond motifs is 2. The number of aromatic amines is 1. The molecule has 0 spiro atoms. The Bertz CT molecular complexity index is 2080. The smallest absolute Gasteiger partial charge is 0.258 e. The Balaban J connectivity index is 1.68. The van der Waals surface area contributed by atoms with E-state index in [0.29, 0.717) is 50.3 Å². The third-order valence-electron chi connectivity index (χ3n) is 9.54. The molecule has 0 bridgehead atoms. The van der Waals surface area contributed by atoms with Crippen LogP contribution in [0, 0.1) is 6.57 Å². The number of pyridine rings is 1. The quantitative estimate of drug-likeness (QED) is 0.172. The van der Waals surface area contributed by atoms with E-state index in [1.54, 1.807) is 24.3 Å². The zero-order valence-electron chi connectivity index (χ0n) is 26.6. The van der Waals surface area contributed by atoms with E-state index in [2.05, 4.69) is 68.8 Å². The lowest BCUT2D eigenvalue weighted by atomic mass is 9.76. The molecule has 4 aromatic carbocycles. The fourth-order valence-electron chi connectivity index (χ4n) is 6.01. The zero-order chi connectivity index (χ0) is 32.1. The van der Waals surface area contributed by atoms with Crippen LogP contribution in [0.2, 0.25) is 0 Å². The Labute approximate surface area is 263 Å². The molecular formula is C39H37N3O3. The minimum atomic E-state index is -0.523. The van der Waals surface area contributed by atoms with Crippen molar-refractivity contribution in [1.29, 1.82) is 0 Å². The number of hydrogen-bond acceptors (Lipinski definition) is 4. The van der Waals surface area contributed by atoms with E-state index in [4.69, 9.17) is 11.3 Å². The number of rotatable bonds is 8. The lowest BCUT2D eigenvalue weighted by Gasteiger charge is -2.31. The second kappa shape index (κ2) is 11.1. The Hall–Kier alpha value is -5.15. The number of ether oxygens (including phenoxy) is 1. The molecule has 1 aliphatic rings. The molecule has 2 N–H and O–H groups in total. The van der Waals surface area contributed by atoms with Crippen molar-refractivity contribution in [3.63, 3.8) is 0 Å². The van der Waals surface area contributed by atoms with Crippen LogP contribution in [0.5, 0.6) is 11.5 Å². The molecule has 226 valence electrons. The number of aromatic nitrogens is 1. The van der Waals surface area contributed by atoms with Gasteiger partial charge in [-0.2, -0.15) is 0 Å². The third-order valence-corrected chi connectivity index (χ3v) is 9.54. The van der Waals surface area contributed by atoms with Crippen LogP contribution in [-0.4, -0.2) is 10.8 Å². The number of nitrogens with zero attached hydrogens (tertiary/aromatic N) is 1. The Morgan fingerprint density at radius 3 is 2.13 bits per heavy atom. The Morgan fingerprint density at radius 1 is 0.800 bits per heavy atom. The van der Waals surface area contributed by atoms with Crippen LogP contribution in [0.15, 0.2) is 83.7 Å². The number of carbonyl (C=O) groups is 1. The highest BCUT2D eigenvalue weighted by molar-refractivity contribution is 6.30. The first kappa shape index (κ1) is 29.9. The van der Waals surface area contributed by atoms with Gasteiger partial charge in [-0.3, -0.25) is 9.59 Å². The molecule has 1 aromatic heterocycles. The summed E-state index contributed by atoms with van der Waals surface area (Å²) in [6.07, 6.45) is 1.88. The van der Waals surface area contributed by atoms with Crippen molar-refractivity contribution in [2.75, 3.05) is 5.32 Å². The first-order chi connectivity index (χ1) is 21.5. The van der Waals surface area contributed by atoms with Crippen molar-refractivity contribution in [2.24, 2.45) is 0 Å². The minimum Gasteiger partial charge on any atom is -0.455 e. The molecule has 0 saturated heterocycles. The molecule has 0 atom stereocenters. The summed E-state index contributed by atoms with van der Waals surface area (Å²) in [6.45, 7) is 21.2. The molecule has 6 heteroatoms. The number of benzene rings is 4. The molecule has 45 heavy (non-hydrogen) atoms. The van der Waals surface area contributed by atoms with E-state index in [-0.39, 0.29) is 22.3 Å². The third kappa shape index (κ3) is 4.99. The molecule has 0 aliphatic heterocycles. The number of nitrogens with one attached hydrogen (secondary N) is 2. The molecule has 0 fully saturated rings. The maximum atomic E-state index is 14.2. The van der Waals surface area contributed by atoms with Crippen molar-refractivity contribution >= 4 is 33.7 Å². The highest BCUT2D eigenvalue weighted by atomic mass is 16.5. The van der Waals surface area contributed by atoms with Crippen LogP contribution < -0.4 is 15.6 Å². The van der Waals surface area contributed by atoms with Crippen molar-refractivity contribution in [3.8, 4) is 22.6 Å². The minimum absolute atomic E-state index is 0.0146. The molecule has 0 saturated carbocycles. The average Bonchev–Trinajstić information content (AvgIpc) is 3.04. The molecular weight excluding hydrogens is 558 g/mol. The molecule has 5 aromatic rings. The Kier molecular flexibility index (Phi) is 7.37. The van der Waals surface area contributed by atoms with Crippen LogP contribution in [0.25, 0.3) is 26.9 Å². The second-order valence-corrected chi connectivity index (χ2v) is 13.0.